The molecule has 0 atom stereocenters. The first-order chi connectivity index (χ1) is 19.0. The molecule has 0 aliphatic carbocycles. The van der Waals surface area contributed by atoms with E-state index in [0.29, 0.717) is 0 Å². The number of carbonyl (C=O) groups is 1. The van der Waals surface area contributed by atoms with Crippen molar-refractivity contribution >= 4 is 39.8 Å². The van der Waals surface area contributed by atoms with Gasteiger partial charge in [0.05, 0.1) is 0 Å². The molecule has 9 heteroatoms. The maximum Gasteiger partial charge on any atom is 0.390 e. The Morgan fingerprint density at radius 3 is 1.05 bits per heavy atom. The lowest BCUT2D eigenvalue weighted by molar-refractivity contribution is -0.115. The maximum absolute atomic E-state index is 12.3. The molecule has 0 rings (SSSR count). The summed E-state index contributed by atoms with van der Waals surface area (Å²) >= 11 is 0. The molecule has 0 aromatic carbocycles. The molecule has 40 heavy (non-hydrogen) atoms. The van der Waals surface area contributed by atoms with Crippen molar-refractivity contribution in [2.75, 3.05) is 0 Å². The van der Waals surface area contributed by atoms with Crippen molar-refractivity contribution in [1.29, 1.82) is 0 Å². The summed E-state index contributed by atoms with van der Waals surface area (Å²) < 4.78 is 29.7. The Morgan fingerprint density at radius 2 is 0.750 bits per heavy atom. The molecule has 0 fully saturated rings. The summed E-state index contributed by atoms with van der Waals surface area (Å²) in [5.74, 6) is 0.150. The minimum absolute atomic E-state index is 0.106. The van der Waals surface area contributed by atoms with Gasteiger partial charge in [-0.1, -0.05) is 127 Å². The highest BCUT2D eigenvalue weighted by Gasteiger charge is 2.55. The summed E-state index contributed by atoms with van der Waals surface area (Å²) in [5.41, 5.74) is 0. The van der Waals surface area contributed by atoms with Gasteiger partial charge in [0.15, 0.2) is 14.1 Å². The second-order valence-electron chi connectivity index (χ2n) is 12.1. The SMILES string of the molecule is C=C(O[Si](CCC)(CCC)O[Si](CCC)(CCC)O[Si](CCC)(CCC)O[Si](CCC)(CCC)CCC)C(C)=O. The first-order valence-corrected chi connectivity index (χ1v) is 26.2. The van der Waals surface area contributed by atoms with E-state index >= 15 is 0 Å². The van der Waals surface area contributed by atoms with Gasteiger partial charge >= 0.3 is 25.7 Å². The van der Waals surface area contributed by atoms with Crippen molar-refractivity contribution in [3.05, 3.63) is 12.3 Å². The molecule has 0 bridgehead atoms. The predicted octanol–water partition coefficient (Wildman–Crippen LogP) is 11.1. The minimum atomic E-state index is -2.79. The van der Waals surface area contributed by atoms with Gasteiger partial charge in [-0.25, -0.2) is 0 Å². The van der Waals surface area contributed by atoms with Gasteiger partial charge in [-0.15, -0.1) is 0 Å². The highest BCUT2D eigenvalue weighted by Crippen LogP contribution is 2.41. The molecule has 0 aromatic heterocycles. The van der Waals surface area contributed by atoms with Crippen LogP contribution in [0.2, 0.25) is 54.4 Å². The number of hydrogen-bond acceptors (Lipinski definition) is 5. The Morgan fingerprint density at radius 1 is 0.475 bits per heavy atom. The van der Waals surface area contributed by atoms with E-state index in [1.807, 2.05) is 0 Å². The molecule has 0 spiro atoms. The summed E-state index contributed by atoms with van der Waals surface area (Å²) in [4.78, 5) is 12.3. The molecule has 0 heterocycles. The third-order valence-electron chi connectivity index (χ3n) is 7.75. The maximum atomic E-state index is 12.3. The van der Waals surface area contributed by atoms with Gasteiger partial charge in [0.2, 0.25) is 0 Å². The Hall–Kier alpha value is -0.0425. The summed E-state index contributed by atoms with van der Waals surface area (Å²) in [7, 11) is -10.1. The Labute approximate surface area is 254 Å². The van der Waals surface area contributed by atoms with E-state index in [-0.39, 0.29) is 11.5 Å². The molecule has 0 amide bonds. The van der Waals surface area contributed by atoms with Crippen LogP contribution in [0.25, 0.3) is 0 Å². The largest absolute Gasteiger partial charge is 0.518 e. The predicted molar refractivity (Wildman–Crippen MR) is 183 cm³/mol. The number of ketones is 1. The number of rotatable bonds is 27. The lowest BCUT2D eigenvalue weighted by Gasteiger charge is -2.48. The second kappa shape index (κ2) is 20.8. The standard InChI is InChI=1S/C31H68O5Si4/c1-12-21-37(22-13-2,23-14-3)34-39(26-17-6,27-18-7)36-40(28-19-8,29-20-9)35-38(24-15-4,25-16-5)33-31(11)30(10)32/h11-29H2,1-10H3. The quantitative estimate of drug-likeness (QED) is 0.0512. The zero-order valence-corrected chi connectivity index (χ0v) is 32.5. The highest BCUT2D eigenvalue weighted by molar-refractivity contribution is 6.91. The average Bonchev–Trinajstić information content (AvgIpc) is 2.85. The fourth-order valence-corrected chi connectivity index (χ4v) is 31.3. The summed E-state index contributed by atoms with van der Waals surface area (Å²) in [5, 5.41) is 0. The van der Waals surface area contributed by atoms with Crippen molar-refractivity contribution in [1.82, 2.24) is 0 Å². The molecule has 0 aliphatic rings. The van der Waals surface area contributed by atoms with Crippen molar-refractivity contribution < 1.29 is 21.6 Å². The number of Topliss-reactive ketones (excluding diaryl/α,β-unsaturated/α-hetero) is 1. The lowest BCUT2D eigenvalue weighted by Crippen LogP contribution is -2.63. The molecule has 0 radical (unpaired) electrons. The summed E-state index contributed by atoms with van der Waals surface area (Å²) in [6, 6.07) is 9.37. The number of hydrogen-bond donors (Lipinski definition) is 0. The molecule has 0 aliphatic heterocycles. The second-order valence-corrected chi connectivity index (χ2v) is 27.0. The molecule has 0 N–H and O–H groups in total. The van der Waals surface area contributed by atoms with E-state index in [1.165, 1.54) is 37.4 Å². The van der Waals surface area contributed by atoms with Crippen molar-refractivity contribution in [2.45, 2.75) is 181 Å². The molecule has 0 saturated heterocycles. The zero-order chi connectivity index (χ0) is 30.7. The molecule has 0 saturated carbocycles. The Balaban J connectivity index is 7.07. The lowest BCUT2D eigenvalue weighted by atomic mass is 10.4. The minimum Gasteiger partial charge on any atom is -0.518 e. The van der Waals surface area contributed by atoms with Gasteiger partial charge < -0.3 is 16.8 Å². The average molecular weight is 633 g/mol. The van der Waals surface area contributed by atoms with E-state index in [0.717, 1.165) is 74.8 Å². The van der Waals surface area contributed by atoms with E-state index in [4.69, 9.17) is 16.8 Å². The van der Waals surface area contributed by atoms with Crippen LogP contribution >= 0.6 is 0 Å². The molecule has 0 aromatic rings. The Kier molecular flexibility index (Phi) is 20.8. The van der Waals surface area contributed by atoms with Gasteiger partial charge in [0, 0.05) is 19.0 Å². The van der Waals surface area contributed by atoms with Crippen LogP contribution in [-0.4, -0.2) is 39.8 Å². The van der Waals surface area contributed by atoms with Crippen LogP contribution in [0.4, 0.5) is 0 Å². The van der Waals surface area contributed by atoms with E-state index in [1.54, 1.807) is 6.92 Å². The van der Waals surface area contributed by atoms with Crippen LogP contribution < -0.4 is 0 Å². The van der Waals surface area contributed by atoms with Crippen molar-refractivity contribution in [3.8, 4) is 0 Å². The van der Waals surface area contributed by atoms with Gasteiger partial charge in [-0.05, 0) is 42.3 Å². The number of allylic oxidation sites excluding steroid dienone is 1. The summed E-state index contributed by atoms with van der Waals surface area (Å²) in [6.45, 7) is 26.0. The fraction of sp³-hybridized carbons (Fsp3) is 0.903. The molecular weight excluding hydrogens is 565 g/mol. The van der Waals surface area contributed by atoms with Crippen LogP contribution in [0.1, 0.15) is 127 Å². The third-order valence-corrected chi connectivity index (χ3v) is 29.3. The van der Waals surface area contributed by atoms with Crippen LogP contribution in [-0.2, 0) is 21.6 Å². The topological polar surface area (TPSA) is 54.0 Å². The number of carbonyl (C=O) groups excluding carboxylic acids is 1. The fourth-order valence-electron chi connectivity index (χ4n) is 6.60. The molecule has 238 valence electrons. The van der Waals surface area contributed by atoms with E-state index in [9.17, 15) is 4.79 Å². The monoisotopic (exact) mass is 632 g/mol. The molecule has 5 nitrogen and oxygen atoms in total. The Bertz CT molecular complexity index is 668. The van der Waals surface area contributed by atoms with Crippen LogP contribution in [0.15, 0.2) is 12.3 Å². The summed E-state index contributed by atoms with van der Waals surface area (Å²) in [6.07, 6.45) is 9.67. The first-order valence-electron chi connectivity index (χ1n) is 17.0. The molecular formula is C31H68O5Si4. The van der Waals surface area contributed by atoms with E-state index < -0.39 is 34.0 Å². The van der Waals surface area contributed by atoms with Crippen molar-refractivity contribution in [3.63, 3.8) is 0 Å². The van der Waals surface area contributed by atoms with Crippen LogP contribution in [0, 0.1) is 0 Å². The highest BCUT2D eigenvalue weighted by atomic mass is 28.5. The van der Waals surface area contributed by atoms with Crippen LogP contribution in [0.5, 0.6) is 0 Å². The van der Waals surface area contributed by atoms with E-state index in [2.05, 4.69) is 68.9 Å². The zero-order valence-electron chi connectivity index (χ0n) is 28.5. The molecule has 0 unspecified atom stereocenters. The van der Waals surface area contributed by atoms with Gasteiger partial charge in [0.1, 0.15) is 5.76 Å². The van der Waals surface area contributed by atoms with Crippen LogP contribution in [0.3, 0.4) is 0 Å². The van der Waals surface area contributed by atoms with Crippen molar-refractivity contribution in [2.24, 2.45) is 0 Å². The van der Waals surface area contributed by atoms with Gasteiger partial charge in [0.25, 0.3) is 0 Å². The van der Waals surface area contributed by atoms with Gasteiger partial charge in [-0.3, -0.25) is 4.79 Å². The smallest absolute Gasteiger partial charge is 0.390 e. The van der Waals surface area contributed by atoms with Gasteiger partial charge in [-0.2, -0.15) is 0 Å². The normalized spacial score (nSPS) is 13.1. The first kappa shape index (κ1) is 40.0. The third kappa shape index (κ3) is 13.1.